The summed E-state index contributed by atoms with van der Waals surface area (Å²) >= 11 is 0. The molecule has 0 aliphatic rings. The predicted octanol–water partition coefficient (Wildman–Crippen LogP) is 2.57. The second kappa shape index (κ2) is 11.6. The molecule has 6 heteroatoms. The van der Waals surface area contributed by atoms with Gasteiger partial charge >= 0.3 is 0 Å². The van der Waals surface area contributed by atoms with Crippen molar-refractivity contribution in [3.8, 4) is 5.75 Å². The predicted molar refractivity (Wildman–Crippen MR) is 91.5 cm³/mol. The van der Waals surface area contributed by atoms with E-state index < -0.39 is 0 Å². The maximum Gasteiger partial charge on any atom is 0.168 e. The molecule has 1 rings (SSSR count). The lowest BCUT2D eigenvalue weighted by molar-refractivity contribution is -0.104. The number of nitrogens with zero attached hydrogens (tertiary/aromatic N) is 1. The van der Waals surface area contributed by atoms with E-state index >= 15 is 0 Å². The number of allylic oxidation sites excluding steroid dienone is 3. The lowest BCUT2D eigenvalue weighted by atomic mass is 10.2. The number of carbonyl (C=O) groups excluding carboxylic acids is 2. The molecule has 0 saturated carbocycles. The first-order valence-corrected chi connectivity index (χ1v) is 7.60. The fraction of sp³-hybridized carbons (Fsp3) is 0.278. The molecule has 0 radical (unpaired) electrons. The van der Waals surface area contributed by atoms with Crippen LogP contribution in [0.15, 0.2) is 54.6 Å². The highest BCUT2D eigenvalue weighted by Gasteiger charge is 1.97. The molecule has 24 heavy (non-hydrogen) atoms. The first-order chi connectivity index (χ1) is 11.7. The third kappa shape index (κ3) is 7.93. The van der Waals surface area contributed by atoms with E-state index in [4.69, 9.17) is 15.2 Å². The number of nitrogens with two attached hydrogens (primary N) is 1. The number of aldehydes is 2. The number of pyridine rings is 1. The van der Waals surface area contributed by atoms with Crippen LogP contribution in [0, 0.1) is 0 Å². The summed E-state index contributed by atoms with van der Waals surface area (Å²) in [5, 5.41) is 0. The Kier molecular flexibility index (Phi) is 9.30. The molecule has 1 heterocycles. The van der Waals surface area contributed by atoms with Crippen molar-refractivity contribution in [2.24, 2.45) is 5.73 Å². The molecule has 1 aromatic rings. The summed E-state index contributed by atoms with van der Waals surface area (Å²) in [6, 6.07) is 3.33. The first-order valence-electron chi connectivity index (χ1n) is 7.60. The largest absolute Gasteiger partial charge is 0.492 e. The Morgan fingerprint density at radius 3 is 2.58 bits per heavy atom. The van der Waals surface area contributed by atoms with Gasteiger partial charge in [0.1, 0.15) is 23.5 Å². The smallest absolute Gasteiger partial charge is 0.168 e. The van der Waals surface area contributed by atoms with Crippen LogP contribution >= 0.6 is 0 Å². The summed E-state index contributed by atoms with van der Waals surface area (Å²) in [6.07, 6.45) is 10.0. The zero-order valence-corrected chi connectivity index (χ0v) is 13.5. The van der Waals surface area contributed by atoms with Crippen LogP contribution in [0.2, 0.25) is 0 Å². The van der Waals surface area contributed by atoms with E-state index in [0.717, 1.165) is 19.3 Å². The fourth-order valence-electron chi connectivity index (χ4n) is 1.69. The summed E-state index contributed by atoms with van der Waals surface area (Å²) in [5.74, 6) is 1.14. The van der Waals surface area contributed by atoms with Crippen LogP contribution in [0.1, 0.15) is 29.8 Å². The summed E-state index contributed by atoms with van der Waals surface area (Å²) in [6.45, 7) is 4.62. The zero-order chi connectivity index (χ0) is 17.6. The quantitative estimate of drug-likeness (QED) is 0.208. The van der Waals surface area contributed by atoms with Crippen LogP contribution in [0.3, 0.4) is 0 Å². The van der Waals surface area contributed by atoms with E-state index in [1.807, 2.05) is 0 Å². The molecular weight excluding hydrogens is 308 g/mol. The SMILES string of the molecule is C=C(C=O)/C=C\C(=C/N)OCCCCCOc1ccc(C=O)nc1. The van der Waals surface area contributed by atoms with E-state index in [9.17, 15) is 9.59 Å². The molecule has 0 aliphatic heterocycles. The Morgan fingerprint density at radius 2 is 1.96 bits per heavy atom. The van der Waals surface area contributed by atoms with Gasteiger partial charge in [-0.05, 0) is 43.5 Å². The third-order valence-electron chi connectivity index (χ3n) is 2.98. The molecule has 128 valence electrons. The van der Waals surface area contributed by atoms with Crippen molar-refractivity contribution in [1.29, 1.82) is 0 Å². The maximum atomic E-state index is 10.5. The number of hydrogen-bond acceptors (Lipinski definition) is 6. The van der Waals surface area contributed by atoms with Crippen LogP contribution in [0.5, 0.6) is 5.75 Å². The minimum Gasteiger partial charge on any atom is -0.492 e. The second-order valence-corrected chi connectivity index (χ2v) is 4.89. The molecule has 0 spiro atoms. The Bertz CT molecular complexity index is 592. The lowest BCUT2D eigenvalue weighted by Gasteiger charge is -2.07. The Hall–Kier alpha value is -2.89. The average Bonchev–Trinajstić information content (AvgIpc) is 2.63. The summed E-state index contributed by atoms with van der Waals surface area (Å²) < 4.78 is 11.0. The van der Waals surface area contributed by atoms with Crippen molar-refractivity contribution in [2.75, 3.05) is 13.2 Å². The van der Waals surface area contributed by atoms with Gasteiger partial charge in [0.05, 0.1) is 19.4 Å². The molecule has 0 saturated heterocycles. The molecule has 0 bridgehead atoms. The van der Waals surface area contributed by atoms with E-state index in [1.165, 1.54) is 12.4 Å². The van der Waals surface area contributed by atoms with Gasteiger partial charge in [0.15, 0.2) is 6.29 Å². The topological polar surface area (TPSA) is 91.5 Å². The maximum absolute atomic E-state index is 10.5. The highest BCUT2D eigenvalue weighted by molar-refractivity contribution is 5.76. The lowest BCUT2D eigenvalue weighted by Crippen LogP contribution is -2.00. The number of hydrogen-bond donors (Lipinski definition) is 1. The minimum atomic E-state index is 0.353. The molecule has 6 nitrogen and oxygen atoms in total. The molecule has 0 unspecified atom stereocenters. The molecule has 1 aromatic heterocycles. The fourth-order valence-corrected chi connectivity index (χ4v) is 1.69. The van der Waals surface area contributed by atoms with Gasteiger partial charge in [-0.15, -0.1) is 0 Å². The number of ether oxygens (including phenoxy) is 2. The highest BCUT2D eigenvalue weighted by atomic mass is 16.5. The number of rotatable bonds is 12. The van der Waals surface area contributed by atoms with Crippen molar-refractivity contribution in [1.82, 2.24) is 4.98 Å². The first kappa shape index (κ1) is 19.2. The average molecular weight is 330 g/mol. The van der Waals surface area contributed by atoms with Crippen LogP contribution in [-0.2, 0) is 9.53 Å². The summed E-state index contributed by atoms with van der Waals surface area (Å²) in [4.78, 5) is 24.8. The summed E-state index contributed by atoms with van der Waals surface area (Å²) in [7, 11) is 0. The van der Waals surface area contributed by atoms with Crippen LogP contribution in [-0.4, -0.2) is 30.8 Å². The molecule has 0 amide bonds. The van der Waals surface area contributed by atoms with Crippen molar-refractivity contribution >= 4 is 12.6 Å². The van der Waals surface area contributed by atoms with Gasteiger partial charge in [0, 0.05) is 11.8 Å². The molecule has 2 N–H and O–H groups in total. The highest BCUT2D eigenvalue weighted by Crippen LogP contribution is 2.09. The second-order valence-electron chi connectivity index (χ2n) is 4.89. The van der Waals surface area contributed by atoms with Crippen molar-refractivity contribution in [2.45, 2.75) is 19.3 Å². The van der Waals surface area contributed by atoms with E-state index in [1.54, 1.807) is 24.3 Å². The van der Waals surface area contributed by atoms with Gasteiger partial charge in [0.25, 0.3) is 0 Å². The van der Waals surface area contributed by atoms with E-state index in [0.29, 0.717) is 48.6 Å². The van der Waals surface area contributed by atoms with Gasteiger partial charge in [-0.25, -0.2) is 4.98 Å². The van der Waals surface area contributed by atoms with E-state index in [-0.39, 0.29) is 0 Å². The third-order valence-corrected chi connectivity index (χ3v) is 2.98. The molecule has 0 atom stereocenters. The minimum absolute atomic E-state index is 0.353. The zero-order valence-electron chi connectivity index (χ0n) is 13.5. The van der Waals surface area contributed by atoms with Crippen LogP contribution in [0.4, 0.5) is 0 Å². The van der Waals surface area contributed by atoms with Crippen molar-refractivity contribution in [3.63, 3.8) is 0 Å². The monoisotopic (exact) mass is 330 g/mol. The Labute approximate surface area is 141 Å². The van der Waals surface area contributed by atoms with Gasteiger partial charge in [-0.3, -0.25) is 9.59 Å². The molecular formula is C18H22N2O4. The number of aromatic nitrogens is 1. The molecule has 0 fully saturated rings. The standard InChI is InChI=1S/C18H22N2O4/c1-15(13-21)5-7-17(11-19)23-9-3-2-4-10-24-18-8-6-16(14-22)20-12-18/h5-8,11-14H,1-4,9-10,19H2/b7-5-,17-11+. The van der Waals surface area contributed by atoms with E-state index in [2.05, 4.69) is 11.6 Å². The van der Waals surface area contributed by atoms with Crippen molar-refractivity contribution in [3.05, 3.63) is 60.3 Å². The van der Waals surface area contributed by atoms with Gasteiger partial charge in [0.2, 0.25) is 0 Å². The van der Waals surface area contributed by atoms with Gasteiger partial charge in [-0.2, -0.15) is 0 Å². The van der Waals surface area contributed by atoms with Crippen LogP contribution in [0.25, 0.3) is 0 Å². The Morgan fingerprint density at radius 1 is 1.17 bits per heavy atom. The molecule has 0 aliphatic carbocycles. The molecule has 0 aromatic carbocycles. The normalized spacial score (nSPS) is 11.2. The summed E-state index contributed by atoms with van der Waals surface area (Å²) in [5.41, 5.74) is 6.18. The Balaban J connectivity index is 2.12. The van der Waals surface area contributed by atoms with Crippen LogP contribution < -0.4 is 10.5 Å². The van der Waals surface area contributed by atoms with Crippen molar-refractivity contribution < 1.29 is 19.1 Å². The number of carbonyl (C=O) groups is 2. The van der Waals surface area contributed by atoms with Gasteiger partial charge < -0.3 is 15.2 Å². The van der Waals surface area contributed by atoms with Gasteiger partial charge in [-0.1, -0.05) is 6.58 Å². The number of unbranched alkanes of at least 4 members (excludes halogenated alkanes) is 2.